The summed E-state index contributed by atoms with van der Waals surface area (Å²) < 4.78 is 35.6. The molecular formula is C20H24F2N4O3. The van der Waals surface area contributed by atoms with Crippen LogP contribution in [0.4, 0.5) is 8.78 Å². The third-order valence-corrected chi connectivity index (χ3v) is 5.31. The summed E-state index contributed by atoms with van der Waals surface area (Å²) >= 11 is 0. The number of nitrogens with one attached hydrogen (secondary N) is 1. The van der Waals surface area contributed by atoms with E-state index in [0.717, 1.165) is 31.2 Å². The molecule has 2 aromatic rings. The highest BCUT2D eigenvalue weighted by Crippen LogP contribution is 2.44. The number of halogens is 2. The number of carbonyl (C=O) groups excluding carboxylic acids is 1. The van der Waals surface area contributed by atoms with E-state index in [4.69, 9.17) is 9.26 Å². The van der Waals surface area contributed by atoms with Gasteiger partial charge >= 0.3 is 0 Å². The van der Waals surface area contributed by atoms with Gasteiger partial charge in [0.2, 0.25) is 5.89 Å². The van der Waals surface area contributed by atoms with Gasteiger partial charge in [0.05, 0.1) is 0 Å². The van der Waals surface area contributed by atoms with Crippen LogP contribution in [0.1, 0.15) is 72.7 Å². The Morgan fingerprint density at radius 3 is 2.72 bits per heavy atom. The van der Waals surface area contributed by atoms with Gasteiger partial charge in [0.25, 0.3) is 12.3 Å². The quantitative estimate of drug-likeness (QED) is 0.682. The normalized spacial score (nSPS) is 18.5. The molecule has 4 rings (SSSR count). The molecule has 0 aromatic carbocycles. The number of pyridine rings is 1. The molecule has 2 aliphatic carbocycles. The van der Waals surface area contributed by atoms with E-state index in [-0.39, 0.29) is 11.6 Å². The number of hydrogen-bond acceptors (Lipinski definition) is 6. The maximum atomic E-state index is 13.0. The van der Waals surface area contributed by atoms with E-state index in [2.05, 4.69) is 20.4 Å². The first kappa shape index (κ1) is 19.7. The van der Waals surface area contributed by atoms with E-state index in [9.17, 15) is 13.6 Å². The van der Waals surface area contributed by atoms with Crippen molar-refractivity contribution < 1.29 is 22.8 Å². The Hall–Kier alpha value is -2.58. The average molecular weight is 406 g/mol. The lowest BCUT2D eigenvalue weighted by atomic mass is 9.93. The summed E-state index contributed by atoms with van der Waals surface area (Å²) in [4.78, 5) is 21.5. The zero-order valence-electron chi connectivity index (χ0n) is 16.5. The van der Waals surface area contributed by atoms with Crippen molar-refractivity contribution in [3.05, 3.63) is 35.2 Å². The van der Waals surface area contributed by atoms with Crippen LogP contribution in [-0.4, -0.2) is 34.1 Å². The van der Waals surface area contributed by atoms with Crippen LogP contribution in [0.25, 0.3) is 0 Å². The molecule has 2 aromatic heterocycles. The Balaban J connectivity index is 1.56. The molecule has 0 radical (unpaired) electrons. The number of amides is 1. The molecule has 2 aliphatic rings. The van der Waals surface area contributed by atoms with Crippen molar-refractivity contribution in [3.63, 3.8) is 0 Å². The number of nitrogens with zero attached hydrogens (tertiary/aromatic N) is 3. The minimum absolute atomic E-state index is 0.112. The van der Waals surface area contributed by atoms with E-state index >= 15 is 0 Å². The molecule has 2 saturated carbocycles. The SMILES string of the molecule is Cc1nc([C@](C)(CC2CC2)NC(=O)c2cc(OCC(F)F)c(C3CC3)cn2)no1. The van der Waals surface area contributed by atoms with E-state index in [0.29, 0.717) is 29.8 Å². The number of aryl methyl sites for hydroxylation is 1. The van der Waals surface area contributed by atoms with Gasteiger partial charge in [0.15, 0.2) is 5.82 Å². The molecule has 0 spiro atoms. The number of ether oxygens (including phenoxy) is 1. The number of rotatable bonds is 9. The van der Waals surface area contributed by atoms with Crippen LogP contribution in [0.5, 0.6) is 5.75 Å². The smallest absolute Gasteiger partial charge is 0.272 e. The lowest BCUT2D eigenvalue weighted by Gasteiger charge is -2.27. The summed E-state index contributed by atoms with van der Waals surface area (Å²) in [6, 6.07) is 1.45. The molecule has 0 unspecified atom stereocenters. The minimum atomic E-state index is -2.59. The predicted octanol–water partition coefficient (Wildman–Crippen LogP) is 3.74. The van der Waals surface area contributed by atoms with Gasteiger partial charge in [-0.1, -0.05) is 18.0 Å². The molecule has 0 saturated heterocycles. The molecule has 2 heterocycles. The zero-order chi connectivity index (χ0) is 20.6. The summed E-state index contributed by atoms with van der Waals surface area (Å²) in [7, 11) is 0. The van der Waals surface area contributed by atoms with Gasteiger partial charge in [-0.25, -0.2) is 8.78 Å². The van der Waals surface area contributed by atoms with Crippen LogP contribution in [0.3, 0.4) is 0 Å². The van der Waals surface area contributed by atoms with Crippen molar-refractivity contribution in [2.45, 2.75) is 63.8 Å². The molecule has 1 N–H and O–H groups in total. The second-order valence-corrected chi connectivity index (χ2v) is 8.15. The van der Waals surface area contributed by atoms with Crippen molar-refractivity contribution in [2.75, 3.05) is 6.61 Å². The van der Waals surface area contributed by atoms with Gasteiger partial charge in [-0.2, -0.15) is 4.98 Å². The maximum absolute atomic E-state index is 13.0. The average Bonchev–Trinajstić information content (AvgIpc) is 3.60. The van der Waals surface area contributed by atoms with Gasteiger partial charge in [0.1, 0.15) is 23.6 Å². The van der Waals surface area contributed by atoms with Gasteiger partial charge in [-0.05, 0) is 38.0 Å². The van der Waals surface area contributed by atoms with Crippen LogP contribution >= 0.6 is 0 Å². The van der Waals surface area contributed by atoms with Crippen molar-refractivity contribution in [1.29, 1.82) is 0 Å². The minimum Gasteiger partial charge on any atom is -0.487 e. The Bertz CT molecular complexity index is 896. The summed E-state index contributed by atoms with van der Waals surface area (Å²) in [5.74, 6) is 1.46. The van der Waals surface area contributed by atoms with Crippen molar-refractivity contribution in [3.8, 4) is 5.75 Å². The Morgan fingerprint density at radius 1 is 1.38 bits per heavy atom. The molecule has 2 fully saturated rings. The highest BCUT2D eigenvalue weighted by atomic mass is 19.3. The fourth-order valence-corrected chi connectivity index (χ4v) is 3.49. The van der Waals surface area contributed by atoms with Crippen LogP contribution in [-0.2, 0) is 5.54 Å². The van der Waals surface area contributed by atoms with Crippen LogP contribution in [0.2, 0.25) is 0 Å². The summed E-state index contributed by atoms with van der Waals surface area (Å²) in [5, 5.41) is 6.98. The molecule has 0 aliphatic heterocycles. The topological polar surface area (TPSA) is 90.1 Å². The molecule has 9 heteroatoms. The first-order chi connectivity index (χ1) is 13.8. The Morgan fingerprint density at radius 2 is 2.14 bits per heavy atom. The van der Waals surface area contributed by atoms with Crippen molar-refractivity contribution >= 4 is 5.91 Å². The molecule has 1 atom stereocenters. The maximum Gasteiger partial charge on any atom is 0.272 e. The van der Waals surface area contributed by atoms with Crippen molar-refractivity contribution in [2.24, 2.45) is 5.92 Å². The molecule has 7 nitrogen and oxygen atoms in total. The van der Waals surface area contributed by atoms with E-state index in [1.807, 2.05) is 6.92 Å². The first-order valence-electron chi connectivity index (χ1n) is 9.88. The fourth-order valence-electron chi connectivity index (χ4n) is 3.49. The van der Waals surface area contributed by atoms with E-state index in [1.165, 1.54) is 6.07 Å². The lowest BCUT2D eigenvalue weighted by molar-refractivity contribution is 0.0811. The van der Waals surface area contributed by atoms with E-state index < -0.39 is 24.5 Å². The van der Waals surface area contributed by atoms with Gasteiger partial charge in [-0.15, -0.1) is 0 Å². The molecule has 0 bridgehead atoms. The highest BCUT2D eigenvalue weighted by molar-refractivity contribution is 5.93. The van der Waals surface area contributed by atoms with Crippen molar-refractivity contribution in [1.82, 2.24) is 20.4 Å². The van der Waals surface area contributed by atoms with E-state index in [1.54, 1.807) is 13.1 Å². The third-order valence-electron chi connectivity index (χ3n) is 5.31. The highest BCUT2D eigenvalue weighted by Gasteiger charge is 2.40. The monoisotopic (exact) mass is 406 g/mol. The standard InChI is InChI=1S/C20H24F2N4O3/c1-11-24-19(26-29-11)20(2,8-12-3-4-12)25-18(27)15-7-16(28-10-17(21)22)14(9-23-15)13-5-6-13/h7,9,12-13,17H,3-6,8,10H2,1-2H3,(H,25,27)/t20-/m0/s1. The third kappa shape index (κ3) is 4.71. The molecule has 156 valence electrons. The van der Waals surface area contributed by atoms with Gasteiger partial charge in [0, 0.05) is 24.8 Å². The molecule has 1 amide bonds. The lowest BCUT2D eigenvalue weighted by Crippen LogP contribution is -2.45. The van der Waals surface area contributed by atoms with Crippen LogP contribution in [0.15, 0.2) is 16.8 Å². The Labute approximate surface area is 167 Å². The number of carbonyl (C=O) groups is 1. The summed E-state index contributed by atoms with van der Waals surface area (Å²) in [6.07, 6.45) is 3.79. The largest absolute Gasteiger partial charge is 0.487 e. The number of hydrogen-bond donors (Lipinski definition) is 1. The predicted molar refractivity (Wildman–Crippen MR) is 98.9 cm³/mol. The van der Waals surface area contributed by atoms with Crippen LogP contribution in [0, 0.1) is 12.8 Å². The van der Waals surface area contributed by atoms with Gasteiger partial charge in [-0.3, -0.25) is 9.78 Å². The Kier molecular flexibility index (Phi) is 5.23. The van der Waals surface area contributed by atoms with Gasteiger partial charge < -0.3 is 14.6 Å². The van der Waals surface area contributed by atoms with Crippen LogP contribution < -0.4 is 10.1 Å². The summed E-state index contributed by atoms with van der Waals surface area (Å²) in [6.45, 7) is 2.84. The number of aromatic nitrogens is 3. The fraction of sp³-hybridized carbons (Fsp3) is 0.600. The zero-order valence-corrected chi connectivity index (χ0v) is 16.5. The number of alkyl halides is 2. The first-order valence-corrected chi connectivity index (χ1v) is 9.88. The second-order valence-electron chi connectivity index (χ2n) is 8.15. The second kappa shape index (κ2) is 7.68. The molecular weight excluding hydrogens is 382 g/mol. The molecule has 29 heavy (non-hydrogen) atoms. The summed E-state index contributed by atoms with van der Waals surface area (Å²) in [5.41, 5.74) is 0.0780.